The third-order valence-corrected chi connectivity index (χ3v) is 3.94. The van der Waals surface area contributed by atoms with Gasteiger partial charge in [0.2, 0.25) is 0 Å². The largest absolute Gasteiger partial charge is 0.389 e. The van der Waals surface area contributed by atoms with Gasteiger partial charge in [0.25, 0.3) is 0 Å². The molecule has 0 radical (unpaired) electrons. The first-order valence-electron chi connectivity index (χ1n) is 6.66. The molecule has 0 unspecified atom stereocenters. The Morgan fingerprint density at radius 2 is 1.80 bits per heavy atom. The molecular formula is C16H17N3S. The molecule has 2 N–H and O–H groups in total. The molecule has 2 heterocycles. The molecule has 0 saturated heterocycles. The first-order chi connectivity index (χ1) is 9.56. The molecule has 0 amide bonds. The number of rotatable bonds is 2. The number of hydrogen-bond donors (Lipinski definition) is 1. The number of anilines is 1. The Morgan fingerprint density at radius 3 is 2.35 bits per heavy atom. The highest BCUT2D eigenvalue weighted by molar-refractivity contribution is 7.80. The zero-order valence-electron chi connectivity index (χ0n) is 11.7. The van der Waals surface area contributed by atoms with Gasteiger partial charge < -0.3 is 10.6 Å². The van der Waals surface area contributed by atoms with Crippen molar-refractivity contribution in [3.63, 3.8) is 0 Å². The standard InChI is InChI=1S/C16H17N3S/c1-10-7-14(15(16(17)20)11(2)18-10)19-8-12-5-3-4-6-13(12)9-19/h3-7H,8-9H2,1-2H3,(H2,17,20). The van der Waals surface area contributed by atoms with Crippen LogP contribution in [0.4, 0.5) is 5.69 Å². The molecule has 20 heavy (non-hydrogen) atoms. The molecule has 1 aromatic heterocycles. The van der Waals surface area contributed by atoms with E-state index >= 15 is 0 Å². The molecule has 0 bridgehead atoms. The topological polar surface area (TPSA) is 42.1 Å². The van der Waals surface area contributed by atoms with Crippen LogP contribution >= 0.6 is 12.2 Å². The van der Waals surface area contributed by atoms with Gasteiger partial charge in [0.1, 0.15) is 4.99 Å². The van der Waals surface area contributed by atoms with Crippen LogP contribution in [0, 0.1) is 13.8 Å². The van der Waals surface area contributed by atoms with Crippen molar-refractivity contribution < 1.29 is 0 Å². The molecule has 3 rings (SSSR count). The van der Waals surface area contributed by atoms with Crippen molar-refractivity contribution >= 4 is 22.9 Å². The number of fused-ring (bicyclic) bond motifs is 1. The number of aromatic nitrogens is 1. The molecule has 0 aliphatic carbocycles. The van der Waals surface area contributed by atoms with E-state index in [9.17, 15) is 0 Å². The molecule has 1 aliphatic rings. The van der Waals surface area contributed by atoms with E-state index < -0.39 is 0 Å². The lowest BCUT2D eigenvalue weighted by Gasteiger charge is -2.22. The van der Waals surface area contributed by atoms with Gasteiger partial charge in [-0.1, -0.05) is 36.5 Å². The van der Waals surface area contributed by atoms with Crippen molar-refractivity contribution in [1.82, 2.24) is 4.98 Å². The quantitative estimate of drug-likeness (QED) is 0.861. The highest BCUT2D eigenvalue weighted by atomic mass is 32.1. The van der Waals surface area contributed by atoms with E-state index in [4.69, 9.17) is 18.0 Å². The van der Waals surface area contributed by atoms with Crippen LogP contribution in [0.3, 0.4) is 0 Å². The predicted molar refractivity (Wildman–Crippen MR) is 85.9 cm³/mol. The van der Waals surface area contributed by atoms with Gasteiger partial charge in [0.15, 0.2) is 0 Å². The second kappa shape index (κ2) is 4.87. The Labute approximate surface area is 124 Å². The van der Waals surface area contributed by atoms with E-state index in [1.807, 2.05) is 13.8 Å². The van der Waals surface area contributed by atoms with Crippen molar-refractivity contribution in [1.29, 1.82) is 0 Å². The van der Waals surface area contributed by atoms with E-state index in [-0.39, 0.29) is 0 Å². The molecule has 4 heteroatoms. The van der Waals surface area contributed by atoms with Crippen molar-refractivity contribution in [2.75, 3.05) is 4.90 Å². The van der Waals surface area contributed by atoms with Crippen molar-refractivity contribution in [2.45, 2.75) is 26.9 Å². The van der Waals surface area contributed by atoms with E-state index in [1.165, 1.54) is 11.1 Å². The van der Waals surface area contributed by atoms with Crippen LogP contribution in [0.15, 0.2) is 30.3 Å². The Balaban J connectivity index is 2.06. The Bertz CT molecular complexity index is 669. The molecule has 0 atom stereocenters. The van der Waals surface area contributed by atoms with E-state index in [0.717, 1.165) is 35.7 Å². The SMILES string of the molecule is Cc1cc(N2Cc3ccccc3C2)c(C(N)=S)c(C)n1. The van der Waals surface area contributed by atoms with Crippen molar-refractivity contribution in [3.8, 4) is 0 Å². The summed E-state index contributed by atoms with van der Waals surface area (Å²) in [7, 11) is 0. The van der Waals surface area contributed by atoms with Crippen LogP contribution in [-0.2, 0) is 13.1 Å². The number of pyridine rings is 1. The van der Waals surface area contributed by atoms with Crippen LogP contribution in [0.5, 0.6) is 0 Å². The molecule has 2 aromatic rings. The maximum absolute atomic E-state index is 5.90. The lowest BCUT2D eigenvalue weighted by Crippen LogP contribution is -2.22. The van der Waals surface area contributed by atoms with Crippen LogP contribution in [0.2, 0.25) is 0 Å². The second-order valence-corrected chi connectivity index (χ2v) is 5.67. The molecule has 0 spiro atoms. The number of thiocarbonyl (C=S) groups is 1. The first kappa shape index (κ1) is 13.1. The van der Waals surface area contributed by atoms with E-state index in [0.29, 0.717) is 4.99 Å². The van der Waals surface area contributed by atoms with Gasteiger partial charge in [0.05, 0.1) is 11.3 Å². The lowest BCUT2D eigenvalue weighted by atomic mass is 10.1. The lowest BCUT2D eigenvalue weighted by molar-refractivity contribution is 0.872. The van der Waals surface area contributed by atoms with Crippen LogP contribution < -0.4 is 10.6 Å². The minimum atomic E-state index is 0.418. The molecular weight excluding hydrogens is 266 g/mol. The third kappa shape index (κ3) is 2.16. The maximum atomic E-state index is 5.90. The normalized spacial score (nSPS) is 13.4. The van der Waals surface area contributed by atoms with Gasteiger partial charge in [-0.3, -0.25) is 4.98 Å². The number of aryl methyl sites for hydroxylation is 2. The molecule has 3 nitrogen and oxygen atoms in total. The Morgan fingerprint density at radius 1 is 1.20 bits per heavy atom. The van der Waals surface area contributed by atoms with E-state index in [2.05, 4.69) is 40.2 Å². The number of benzene rings is 1. The van der Waals surface area contributed by atoms with Gasteiger partial charge in [-0.2, -0.15) is 0 Å². The monoisotopic (exact) mass is 283 g/mol. The molecule has 1 aromatic carbocycles. The smallest absolute Gasteiger partial charge is 0.107 e. The van der Waals surface area contributed by atoms with Crippen molar-refractivity contribution in [3.05, 3.63) is 58.4 Å². The Kier molecular flexibility index (Phi) is 3.18. The fourth-order valence-corrected chi connectivity index (χ4v) is 3.12. The van der Waals surface area contributed by atoms with Gasteiger partial charge in [-0.15, -0.1) is 0 Å². The highest BCUT2D eigenvalue weighted by Gasteiger charge is 2.23. The van der Waals surface area contributed by atoms with Gasteiger partial charge >= 0.3 is 0 Å². The summed E-state index contributed by atoms with van der Waals surface area (Å²) in [5.41, 5.74) is 12.5. The number of nitrogens with two attached hydrogens (primary N) is 1. The summed E-state index contributed by atoms with van der Waals surface area (Å²) in [6.45, 7) is 5.76. The first-order valence-corrected chi connectivity index (χ1v) is 7.07. The minimum absolute atomic E-state index is 0.418. The average molecular weight is 283 g/mol. The summed E-state index contributed by atoms with van der Waals surface area (Å²) in [6.07, 6.45) is 0. The average Bonchev–Trinajstić information content (AvgIpc) is 2.80. The zero-order chi connectivity index (χ0) is 14.3. The fraction of sp³-hybridized carbons (Fsp3) is 0.250. The summed E-state index contributed by atoms with van der Waals surface area (Å²) >= 11 is 5.21. The van der Waals surface area contributed by atoms with Gasteiger partial charge in [-0.25, -0.2) is 0 Å². The summed E-state index contributed by atoms with van der Waals surface area (Å²) in [4.78, 5) is 7.22. The summed E-state index contributed by atoms with van der Waals surface area (Å²) in [6, 6.07) is 10.6. The minimum Gasteiger partial charge on any atom is -0.389 e. The third-order valence-electron chi connectivity index (χ3n) is 3.74. The second-order valence-electron chi connectivity index (χ2n) is 5.23. The van der Waals surface area contributed by atoms with Crippen LogP contribution in [-0.4, -0.2) is 9.97 Å². The maximum Gasteiger partial charge on any atom is 0.107 e. The van der Waals surface area contributed by atoms with Crippen LogP contribution in [0.25, 0.3) is 0 Å². The predicted octanol–water partition coefficient (Wildman–Crippen LogP) is 2.85. The summed E-state index contributed by atoms with van der Waals surface area (Å²) in [5.74, 6) is 0. The molecule has 0 saturated carbocycles. The van der Waals surface area contributed by atoms with Crippen molar-refractivity contribution in [2.24, 2.45) is 5.73 Å². The van der Waals surface area contributed by atoms with E-state index in [1.54, 1.807) is 0 Å². The van der Waals surface area contributed by atoms with Crippen LogP contribution in [0.1, 0.15) is 28.1 Å². The molecule has 0 fully saturated rings. The zero-order valence-corrected chi connectivity index (χ0v) is 12.5. The molecule has 102 valence electrons. The van der Waals surface area contributed by atoms with Gasteiger partial charge in [-0.05, 0) is 31.0 Å². The molecule has 1 aliphatic heterocycles. The highest BCUT2D eigenvalue weighted by Crippen LogP contribution is 2.32. The number of nitrogens with zero attached hydrogens (tertiary/aromatic N) is 2. The Hall–Kier alpha value is -1.94. The fourth-order valence-electron chi connectivity index (χ4n) is 2.87. The summed E-state index contributed by atoms with van der Waals surface area (Å²) in [5, 5.41) is 0. The van der Waals surface area contributed by atoms with Gasteiger partial charge in [0, 0.05) is 24.5 Å². The number of hydrogen-bond acceptors (Lipinski definition) is 3. The summed E-state index contributed by atoms with van der Waals surface area (Å²) < 4.78 is 0.